The number of hydrogen-bond acceptors (Lipinski definition) is 4. The topological polar surface area (TPSA) is 69.4 Å². The molecule has 0 aromatic heterocycles. The molecule has 0 aliphatic heterocycles. The predicted octanol–water partition coefficient (Wildman–Crippen LogP) is 0.462. The monoisotopic (exact) mass is 161 g/mol. The Morgan fingerprint density at radius 1 is 1.73 bits per heavy atom. The Balaban J connectivity index is 3.94. The highest BCUT2D eigenvalue weighted by Crippen LogP contribution is 2.04. The second-order valence-corrected chi connectivity index (χ2v) is 2.14. The van der Waals surface area contributed by atoms with Crippen LogP contribution in [0.4, 0.5) is 0 Å². The summed E-state index contributed by atoms with van der Waals surface area (Å²) in [5.74, 6) is -1.11. The fourth-order valence-electron chi connectivity index (χ4n) is 0.717. The SMILES string of the molecule is CC[C@@H](C[N+](=O)[O-])C(=O)OC. The van der Waals surface area contributed by atoms with Crippen LogP contribution in [0.25, 0.3) is 0 Å². The molecule has 0 aliphatic rings. The van der Waals surface area contributed by atoms with E-state index in [9.17, 15) is 14.9 Å². The van der Waals surface area contributed by atoms with Gasteiger partial charge in [-0.25, -0.2) is 0 Å². The third-order valence-corrected chi connectivity index (χ3v) is 1.40. The molecule has 1 atom stereocenters. The Morgan fingerprint density at radius 2 is 2.27 bits per heavy atom. The number of rotatable bonds is 4. The quantitative estimate of drug-likeness (QED) is 0.341. The normalized spacial score (nSPS) is 12.2. The Labute approximate surface area is 64.5 Å². The van der Waals surface area contributed by atoms with Crippen molar-refractivity contribution < 1.29 is 14.5 Å². The van der Waals surface area contributed by atoms with Crippen molar-refractivity contribution in [3.63, 3.8) is 0 Å². The van der Waals surface area contributed by atoms with E-state index in [2.05, 4.69) is 4.74 Å². The van der Waals surface area contributed by atoms with Gasteiger partial charge in [0.25, 0.3) is 0 Å². The minimum Gasteiger partial charge on any atom is -0.469 e. The molecule has 64 valence electrons. The van der Waals surface area contributed by atoms with E-state index in [0.29, 0.717) is 6.42 Å². The molecule has 0 saturated heterocycles. The first-order chi connectivity index (χ1) is 5.11. The molecule has 0 radical (unpaired) electrons. The van der Waals surface area contributed by atoms with Crippen LogP contribution in [-0.2, 0) is 9.53 Å². The summed E-state index contributed by atoms with van der Waals surface area (Å²) in [6, 6.07) is 0. The van der Waals surface area contributed by atoms with Gasteiger partial charge in [-0.3, -0.25) is 14.9 Å². The minimum absolute atomic E-state index is 0.344. The second-order valence-electron chi connectivity index (χ2n) is 2.14. The maximum atomic E-state index is 10.8. The second kappa shape index (κ2) is 4.65. The molecule has 0 saturated carbocycles. The molecule has 0 aromatic rings. The summed E-state index contributed by atoms with van der Waals surface area (Å²) in [5, 5.41) is 9.99. The van der Waals surface area contributed by atoms with Crippen LogP contribution < -0.4 is 0 Å². The first-order valence-electron chi connectivity index (χ1n) is 3.31. The van der Waals surface area contributed by atoms with Gasteiger partial charge in [-0.15, -0.1) is 0 Å². The molecular formula is C6H11NO4. The zero-order chi connectivity index (χ0) is 8.85. The lowest BCUT2D eigenvalue weighted by Crippen LogP contribution is -2.23. The fourth-order valence-corrected chi connectivity index (χ4v) is 0.717. The Morgan fingerprint density at radius 3 is 2.55 bits per heavy atom. The average molecular weight is 161 g/mol. The van der Waals surface area contributed by atoms with E-state index < -0.39 is 16.8 Å². The fraction of sp³-hybridized carbons (Fsp3) is 0.833. The molecule has 0 N–H and O–H groups in total. The van der Waals surface area contributed by atoms with Crippen molar-refractivity contribution in [1.29, 1.82) is 0 Å². The highest BCUT2D eigenvalue weighted by atomic mass is 16.6. The molecule has 0 bridgehead atoms. The molecular weight excluding hydrogens is 150 g/mol. The van der Waals surface area contributed by atoms with Gasteiger partial charge in [0.15, 0.2) is 0 Å². The summed E-state index contributed by atoms with van der Waals surface area (Å²) in [6.07, 6.45) is 0.438. The lowest BCUT2D eigenvalue weighted by Gasteiger charge is -2.05. The summed E-state index contributed by atoms with van der Waals surface area (Å²) in [7, 11) is 1.23. The van der Waals surface area contributed by atoms with E-state index in [-0.39, 0.29) is 6.54 Å². The Bertz CT molecular complexity index is 157. The number of carbonyl (C=O) groups excluding carboxylic acids is 1. The van der Waals surface area contributed by atoms with Crippen molar-refractivity contribution in [1.82, 2.24) is 0 Å². The summed E-state index contributed by atoms with van der Waals surface area (Å²) in [6.45, 7) is 1.37. The van der Waals surface area contributed by atoms with Gasteiger partial charge in [0.2, 0.25) is 6.54 Å². The van der Waals surface area contributed by atoms with E-state index in [1.165, 1.54) is 7.11 Å². The maximum Gasteiger partial charge on any atom is 0.315 e. The molecule has 5 nitrogen and oxygen atoms in total. The number of ether oxygens (including phenoxy) is 1. The summed E-state index contributed by atoms with van der Waals surface area (Å²) in [4.78, 5) is 20.2. The first kappa shape index (κ1) is 9.87. The molecule has 0 heterocycles. The van der Waals surface area contributed by atoms with Crippen LogP contribution in [0.15, 0.2) is 0 Å². The van der Waals surface area contributed by atoms with Gasteiger partial charge < -0.3 is 4.74 Å². The van der Waals surface area contributed by atoms with Crippen LogP contribution >= 0.6 is 0 Å². The van der Waals surface area contributed by atoms with Gasteiger partial charge in [0, 0.05) is 4.92 Å². The first-order valence-corrected chi connectivity index (χ1v) is 3.31. The molecule has 0 aliphatic carbocycles. The van der Waals surface area contributed by atoms with Gasteiger partial charge in [-0.1, -0.05) is 6.92 Å². The van der Waals surface area contributed by atoms with Crippen LogP contribution in [0.3, 0.4) is 0 Å². The smallest absolute Gasteiger partial charge is 0.315 e. The van der Waals surface area contributed by atoms with Gasteiger partial charge >= 0.3 is 5.97 Å². The van der Waals surface area contributed by atoms with Gasteiger partial charge in [-0.2, -0.15) is 0 Å². The molecule has 0 aromatic carbocycles. The molecule has 0 rings (SSSR count). The van der Waals surface area contributed by atoms with E-state index in [1.54, 1.807) is 6.92 Å². The summed E-state index contributed by atoms with van der Waals surface area (Å²) >= 11 is 0. The highest BCUT2D eigenvalue weighted by molar-refractivity contribution is 5.72. The van der Waals surface area contributed by atoms with Gasteiger partial charge in [0.05, 0.1) is 7.11 Å². The summed E-state index contributed by atoms with van der Waals surface area (Å²) < 4.78 is 4.36. The van der Waals surface area contributed by atoms with E-state index >= 15 is 0 Å². The maximum absolute atomic E-state index is 10.8. The standard InChI is InChI=1S/C6H11NO4/c1-3-5(4-7(9)10)6(8)11-2/h5H,3-4H2,1-2H3/t5-/m0/s1. The van der Waals surface area contributed by atoms with Gasteiger partial charge in [0.1, 0.15) is 5.92 Å². The number of nitro groups is 1. The van der Waals surface area contributed by atoms with Crippen LogP contribution in [-0.4, -0.2) is 24.5 Å². The zero-order valence-electron chi connectivity index (χ0n) is 6.57. The number of carbonyl (C=O) groups is 1. The van der Waals surface area contributed by atoms with Gasteiger partial charge in [-0.05, 0) is 6.42 Å². The Kier molecular flexibility index (Phi) is 4.17. The van der Waals surface area contributed by atoms with Crippen molar-refractivity contribution in [2.24, 2.45) is 5.92 Å². The van der Waals surface area contributed by atoms with E-state index in [0.717, 1.165) is 0 Å². The zero-order valence-corrected chi connectivity index (χ0v) is 6.57. The molecule has 11 heavy (non-hydrogen) atoms. The van der Waals surface area contributed by atoms with E-state index in [4.69, 9.17) is 0 Å². The molecule has 5 heteroatoms. The van der Waals surface area contributed by atoms with Crippen molar-refractivity contribution in [3.05, 3.63) is 10.1 Å². The third kappa shape index (κ3) is 3.54. The van der Waals surface area contributed by atoms with Crippen LogP contribution in [0.2, 0.25) is 0 Å². The number of nitrogens with zero attached hydrogens (tertiary/aromatic N) is 1. The van der Waals surface area contributed by atoms with Crippen molar-refractivity contribution >= 4 is 5.97 Å². The third-order valence-electron chi connectivity index (χ3n) is 1.40. The van der Waals surface area contributed by atoms with Crippen molar-refractivity contribution in [2.75, 3.05) is 13.7 Å². The van der Waals surface area contributed by atoms with Crippen LogP contribution in [0.1, 0.15) is 13.3 Å². The average Bonchev–Trinajstić information content (AvgIpc) is 1.98. The largest absolute Gasteiger partial charge is 0.469 e. The minimum atomic E-state index is -0.602. The van der Waals surface area contributed by atoms with E-state index in [1.807, 2.05) is 0 Å². The molecule has 0 unspecified atom stereocenters. The number of hydrogen-bond donors (Lipinski definition) is 0. The molecule has 0 spiro atoms. The molecule has 0 fully saturated rings. The Hall–Kier alpha value is -1.13. The summed E-state index contributed by atoms with van der Waals surface area (Å²) in [5.41, 5.74) is 0. The van der Waals surface area contributed by atoms with Crippen LogP contribution in [0.5, 0.6) is 0 Å². The lowest BCUT2D eigenvalue weighted by molar-refractivity contribution is -0.486. The van der Waals surface area contributed by atoms with Crippen molar-refractivity contribution in [3.8, 4) is 0 Å². The van der Waals surface area contributed by atoms with Crippen molar-refractivity contribution in [2.45, 2.75) is 13.3 Å². The molecule has 0 amide bonds. The highest BCUT2D eigenvalue weighted by Gasteiger charge is 2.22. The number of methoxy groups -OCH3 is 1. The lowest BCUT2D eigenvalue weighted by atomic mass is 10.1. The predicted molar refractivity (Wildman–Crippen MR) is 37.7 cm³/mol. The number of esters is 1. The van der Waals surface area contributed by atoms with Crippen LogP contribution in [0, 0.1) is 16.0 Å².